The Labute approximate surface area is 103 Å². The largest absolute Gasteiger partial charge is 0.324 e. The van der Waals surface area contributed by atoms with E-state index < -0.39 is 0 Å². The molecular formula is C10H24NY+. The quantitative estimate of drug-likeness (QED) is 0.633. The average molecular weight is 247 g/mol. The molecule has 0 bridgehead atoms. The van der Waals surface area contributed by atoms with Crippen molar-refractivity contribution in [3.05, 3.63) is 0 Å². The molecule has 0 aromatic rings. The van der Waals surface area contributed by atoms with Crippen molar-refractivity contribution in [2.75, 3.05) is 26.2 Å². The Morgan fingerprint density at radius 3 is 1.50 bits per heavy atom. The number of nitrogens with zero attached hydrogens (tertiary/aromatic N) is 1. The number of rotatable bonds is 6. The van der Waals surface area contributed by atoms with Crippen LogP contribution in [0.5, 0.6) is 0 Å². The summed E-state index contributed by atoms with van der Waals surface area (Å²) >= 11 is 0. The van der Waals surface area contributed by atoms with Gasteiger partial charge in [-0.1, -0.05) is 13.3 Å². The van der Waals surface area contributed by atoms with Crippen LogP contribution in [0, 0.1) is 0 Å². The van der Waals surface area contributed by atoms with Gasteiger partial charge in [-0.25, -0.2) is 0 Å². The Kier molecular flexibility index (Phi) is 11.2. The van der Waals surface area contributed by atoms with Crippen LogP contribution < -0.4 is 0 Å². The maximum absolute atomic E-state index is 2.31. The standard InChI is InChI=1S/C10H24N.Y/c1-5-9-10-11(6-2,7-3)8-4;/h5-10H2,1-4H3;/q+1;. The summed E-state index contributed by atoms with van der Waals surface area (Å²) in [5.41, 5.74) is 0. The Morgan fingerprint density at radius 2 is 1.25 bits per heavy atom. The van der Waals surface area contributed by atoms with Gasteiger partial charge in [0.05, 0.1) is 26.2 Å². The molecular weight excluding hydrogens is 223 g/mol. The van der Waals surface area contributed by atoms with E-state index in [9.17, 15) is 0 Å². The molecule has 0 aromatic carbocycles. The zero-order valence-electron chi connectivity index (χ0n) is 9.27. The fourth-order valence-electron chi connectivity index (χ4n) is 1.64. The molecule has 0 aliphatic rings. The molecule has 1 nitrogen and oxygen atoms in total. The third-order valence-electron chi connectivity index (χ3n) is 3.00. The zero-order valence-corrected chi connectivity index (χ0v) is 12.1. The van der Waals surface area contributed by atoms with E-state index in [4.69, 9.17) is 0 Å². The van der Waals surface area contributed by atoms with E-state index in [-0.39, 0.29) is 32.7 Å². The van der Waals surface area contributed by atoms with Gasteiger partial charge in [-0.15, -0.1) is 0 Å². The van der Waals surface area contributed by atoms with E-state index in [1.165, 1.54) is 43.5 Å². The smallest absolute Gasteiger partial charge is 0.0786 e. The van der Waals surface area contributed by atoms with Crippen molar-refractivity contribution in [2.24, 2.45) is 0 Å². The predicted molar refractivity (Wildman–Crippen MR) is 51.7 cm³/mol. The molecule has 0 unspecified atom stereocenters. The Morgan fingerprint density at radius 1 is 0.833 bits per heavy atom. The number of hydrogen-bond donors (Lipinski definition) is 0. The molecule has 0 N–H and O–H groups in total. The van der Waals surface area contributed by atoms with Crippen molar-refractivity contribution < 1.29 is 37.2 Å². The predicted octanol–water partition coefficient (Wildman–Crippen LogP) is 2.66. The molecule has 0 saturated carbocycles. The number of quaternary nitrogens is 1. The van der Waals surface area contributed by atoms with Crippen LogP contribution >= 0.6 is 0 Å². The average Bonchev–Trinajstić information content (AvgIpc) is 2.08. The van der Waals surface area contributed by atoms with Crippen molar-refractivity contribution in [3.63, 3.8) is 0 Å². The van der Waals surface area contributed by atoms with Crippen LogP contribution in [0.3, 0.4) is 0 Å². The summed E-state index contributed by atoms with van der Waals surface area (Å²) in [6, 6.07) is 0. The molecule has 12 heavy (non-hydrogen) atoms. The van der Waals surface area contributed by atoms with Crippen molar-refractivity contribution in [3.8, 4) is 0 Å². The van der Waals surface area contributed by atoms with Gasteiger partial charge in [0.25, 0.3) is 0 Å². The molecule has 71 valence electrons. The van der Waals surface area contributed by atoms with Crippen LogP contribution in [0.2, 0.25) is 0 Å². The maximum Gasteiger partial charge on any atom is 0.0786 e. The van der Waals surface area contributed by atoms with Crippen molar-refractivity contribution in [1.29, 1.82) is 0 Å². The fraction of sp³-hybridized carbons (Fsp3) is 1.00. The second kappa shape index (κ2) is 8.65. The minimum absolute atomic E-state index is 0. The van der Waals surface area contributed by atoms with Gasteiger partial charge in [0.15, 0.2) is 0 Å². The van der Waals surface area contributed by atoms with Gasteiger partial charge in [-0.2, -0.15) is 0 Å². The molecule has 0 amide bonds. The third-order valence-corrected chi connectivity index (χ3v) is 3.00. The van der Waals surface area contributed by atoms with E-state index in [0.29, 0.717) is 0 Å². The molecule has 0 rings (SSSR count). The Balaban J connectivity index is 0. The summed E-state index contributed by atoms with van der Waals surface area (Å²) in [5.74, 6) is 0. The monoisotopic (exact) mass is 247 g/mol. The summed E-state index contributed by atoms with van der Waals surface area (Å²) in [7, 11) is 0. The van der Waals surface area contributed by atoms with Crippen LogP contribution in [0.4, 0.5) is 0 Å². The Bertz CT molecular complexity index is 81.6. The van der Waals surface area contributed by atoms with Crippen molar-refractivity contribution in [2.45, 2.75) is 40.5 Å². The van der Waals surface area contributed by atoms with Gasteiger partial charge in [-0.05, 0) is 27.2 Å². The molecule has 1 radical (unpaired) electrons. The molecule has 0 aliphatic heterocycles. The first-order valence-corrected chi connectivity index (χ1v) is 5.09. The summed E-state index contributed by atoms with van der Waals surface area (Å²) < 4.78 is 1.31. The number of hydrogen-bond acceptors (Lipinski definition) is 0. The van der Waals surface area contributed by atoms with Crippen molar-refractivity contribution in [1.82, 2.24) is 0 Å². The first kappa shape index (κ1) is 15.5. The molecule has 0 atom stereocenters. The third kappa shape index (κ3) is 4.94. The normalized spacial score (nSPS) is 11.0. The van der Waals surface area contributed by atoms with E-state index in [2.05, 4.69) is 27.7 Å². The summed E-state index contributed by atoms with van der Waals surface area (Å²) in [5, 5.41) is 0. The molecule has 0 fully saturated rings. The minimum Gasteiger partial charge on any atom is -0.324 e. The van der Waals surface area contributed by atoms with Gasteiger partial charge in [0.1, 0.15) is 0 Å². The summed E-state index contributed by atoms with van der Waals surface area (Å²) in [4.78, 5) is 0. The van der Waals surface area contributed by atoms with E-state index in [1.54, 1.807) is 0 Å². The molecule has 0 spiro atoms. The van der Waals surface area contributed by atoms with Gasteiger partial charge in [0, 0.05) is 32.7 Å². The van der Waals surface area contributed by atoms with Crippen LogP contribution in [-0.2, 0) is 32.7 Å². The van der Waals surface area contributed by atoms with Crippen molar-refractivity contribution >= 4 is 0 Å². The topological polar surface area (TPSA) is 0 Å². The van der Waals surface area contributed by atoms with Crippen LogP contribution in [-0.4, -0.2) is 30.7 Å². The maximum atomic E-state index is 2.31. The Hall–Kier alpha value is 1.06. The molecule has 0 saturated heterocycles. The number of unbranched alkanes of at least 4 members (excludes halogenated alkanes) is 1. The van der Waals surface area contributed by atoms with E-state index in [1.807, 2.05) is 0 Å². The summed E-state index contributed by atoms with van der Waals surface area (Å²) in [6.07, 6.45) is 2.72. The zero-order chi connectivity index (χ0) is 8.74. The molecule has 0 aromatic heterocycles. The molecule has 0 heterocycles. The minimum atomic E-state index is 0. The molecule has 2 heteroatoms. The van der Waals surface area contributed by atoms with Gasteiger partial charge in [-0.3, -0.25) is 0 Å². The van der Waals surface area contributed by atoms with Gasteiger partial charge < -0.3 is 4.48 Å². The van der Waals surface area contributed by atoms with E-state index in [0.717, 1.165) is 0 Å². The van der Waals surface area contributed by atoms with Crippen LogP contribution in [0.1, 0.15) is 40.5 Å². The van der Waals surface area contributed by atoms with Gasteiger partial charge in [0.2, 0.25) is 0 Å². The van der Waals surface area contributed by atoms with E-state index >= 15 is 0 Å². The summed E-state index contributed by atoms with van der Waals surface area (Å²) in [6.45, 7) is 14.5. The fourth-order valence-corrected chi connectivity index (χ4v) is 1.64. The van der Waals surface area contributed by atoms with Crippen LogP contribution in [0.15, 0.2) is 0 Å². The van der Waals surface area contributed by atoms with Crippen LogP contribution in [0.25, 0.3) is 0 Å². The molecule has 0 aliphatic carbocycles. The SMILES string of the molecule is CCCC[N+](CC)(CC)CC.[Y]. The second-order valence-electron chi connectivity index (χ2n) is 3.37. The first-order valence-electron chi connectivity index (χ1n) is 5.09. The second-order valence-corrected chi connectivity index (χ2v) is 3.37. The van der Waals surface area contributed by atoms with Gasteiger partial charge >= 0.3 is 0 Å². The first-order chi connectivity index (χ1) is 5.24.